The Hall–Kier alpha value is -1.66. The van der Waals surface area contributed by atoms with E-state index in [1.54, 1.807) is 0 Å². The molecule has 2 aliphatic rings. The second kappa shape index (κ2) is 6.33. The molecule has 0 radical (unpaired) electrons. The molecule has 6 heteroatoms. The van der Waals surface area contributed by atoms with Gasteiger partial charge in [0, 0.05) is 29.4 Å². The highest BCUT2D eigenvalue weighted by molar-refractivity contribution is 7.14. The number of carbonyl (C=O) groups is 1. The first kappa shape index (κ1) is 15.8. The van der Waals surface area contributed by atoms with Gasteiger partial charge < -0.3 is 15.1 Å². The molecule has 2 N–H and O–H groups in total. The van der Waals surface area contributed by atoms with Crippen molar-refractivity contribution in [3.63, 3.8) is 0 Å². The van der Waals surface area contributed by atoms with Crippen LogP contribution in [-0.4, -0.2) is 23.0 Å². The maximum absolute atomic E-state index is 12.3. The molecule has 1 amide bonds. The summed E-state index contributed by atoms with van der Waals surface area (Å²) in [6.45, 7) is 3.86. The van der Waals surface area contributed by atoms with Gasteiger partial charge in [-0.1, -0.05) is 0 Å². The van der Waals surface area contributed by atoms with Gasteiger partial charge in [-0.25, -0.2) is 4.98 Å². The van der Waals surface area contributed by atoms with Gasteiger partial charge in [-0.15, -0.1) is 11.3 Å². The number of carbonyl (C=O) groups excluding carboxylic acids is 1. The van der Waals surface area contributed by atoms with Crippen molar-refractivity contribution in [2.24, 2.45) is 5.92 Å². The standard InChI is InChI=1S/C18H23N3O2S/c1-10-5-15(11(2)23-10)16-9-24-18(20-16)21-17(22)8-12-6-13-3-4-14(7-12)19-13/h5,9,12-14,19H,3-4,6-8H2,1-2H3,(H,20,21,22). The van der Waals surface area contributed by atoms with Crippen LogP contribution in [0.5, 0.6) is 0 Å². The van der Waals surface area contributed by atoms with Crippen molar-refractivity contribution < 1.29 is 9.21 Å². The van der Waals surface area contributed by atoms with Crippen LogP contribution in [0.4, 0.5) is 5.13 Å². The largest absolute Gasteiger partial charge is 0.466 e. The minimum absolute atomic E-state index is 0.0855. The van der Waals surface area contributed by atoms with Crippen molar-refractivity contribution in [1.82, 2.24) is 10.3 Å². The minimum atomic E-state index is 0.0855. The number of thiazole rings is 1. The fourth-order valence-electron chi connectivity index (χ4n) is 4.11. The fourth-order valence-corrected chi connectivity index (χ4v) is 4.84. The molecule has 0 aliphatic carbocycles. The van der Waals surface area contributed by atoms with Gasteiger partial charge in [0.15, 0.2) is 5.13 Å². The number of rotatable bonds is 4. The number of hydrogen-bond donors (Lipinski definition) is 2. The number of nitrogens with one attached hydrogen (secondary N) is 2. The highest BCUT2D eigenvalue weighted by atomic mass is 32.1. The van der Waals surface area contributed by atoms with E-state index < -0.39 is 0 Å². The molecule has 24 heavy (non-hydrogen) atoms. The van der Waals surface area contributed by atoms with Crippen molar-refractivity contribution in [2.45, 2.75) is 58.0 Å². The molecule has 128 valence electrons. The van der Waals surface area contributed by atoms with E-state index in [9.17, 15) is 4.79 Å². The van der Waals surface area contributed by atoms with Crippen molar-refractivity contribution in [3.05, 3.63) is 23.0 Å². The number of amides is 1. The van der Waals surface area contributed by atoms with Gasteiger partial charge in [-0.2, -0.15) is 0 Å². The second-order valence-electron chi connectivity index (χ2n) is 7.09. The molecule has 0 spiro atoms. The molecule has 0 saturated carbocycles. The normalized spacial score (nSPS) is 25.8. The zero-order chi connectivity index (χ0) is 16.7. The number of furan rings is 1. The Morgan fingerprint density at radius 3 is 2.79 bits per heavy atom. The Kier molecular flexibility index (Phi) is 4.18. The maximum atomic E-state index is 12.3. The van der Waals surface area contributed by atoms with E-state index in [1.165, 1.54) is 24.2 Å². The molecule has 2 aliphatic heterocycles. The zero-order valence-electron chi connectivity index (χ0n) is 14.1. The summed E-state index contributed by atoms with van der Waals surface area (Å²) in [5.41, 5.74) is 1.86. The van der Waals surface area contributed by atoms with Crippen molar-refractivity contribution in [1.29, 1.82) is 0 Å². The molecule has 2 bridgehead atoms. The molecule has 2 saturated heterocycles. The summed E-state index contributed by atoms with van der Waals surface area (Å²) in [7, 11) is 0. The number of piperidine rings is 1. The molecule has 2 aromatic rings. The van der Waals surface area contributed by atoms with Crippen LogP contribution in [0.1, 0.15) is 43.6 Å². The number of fused-ring (bicyclic) bond motifs is 2. The summed E-state index contributed by atoms with van der Waals surface area (Å²) in [4.78, 5) is 16.9. The topological polar surface area (TPSA) is 67.2 Å². The number of aryl methyl sites for hydroxylation is 2. The van der Waals surface area contributed by atoms with Crippen LogP contribution in [0.25, 0.3) is 11.3 Å². The lowest BCUT2D eigenvalue weighted by atomic mass is 9.89. The summed E-state index contributed by atoms with van der Waals surface area (Å²) in [6, 6.07) is 3.24. The molecule has 5 nitrogen and oxygen atoms in total. The van der Waals surface area contributed by atoms with Crippen molar-refractivity contribution >= 4 is 22.4 Å². The van der Waals surface area contributed by atoms with E-state index in [0.717, 1.165) is 35.6 Å². The molecule has 4 heterocycles. The minimum Gasteiger partial charge on any atom is -0.466 e. The molecule has 2 unspecified atom stereocenters. The van der Waals surface area contributed by atoms with Gasteiger partial charge in [-0.3, -0.25) is 4.79 Å². The monoisotopic (exact) mass is 345 g/mol. The summed E-state index contributed by atoms with van der Waals surface area (Å²) >= 11 is 1.47. The molecule has 2 atom stereocenters. The molecule has 0 aromatic carbocycles. The van der Waals surface area contributed by atoms with Gasteiger partial charge in [0.2, 0.25) is 5.91 Å². The van der Waals surface area contributed by atoms with Crippen LogP contribution in [0.3, 0.4) is 0 Å². The van der Waals surface area contributed by atoms with Gasteiger partial charge in [0.25, 0.3) is 0 Å². The smallest absolute Gasteiger partial charge is 0.226 e. The summed E-state index contributed by atoms with van der Waals surface area (Å²) in [5, 5.41) is 9.24. The predicted molar refractivity (Wildman–Crippen MR) is 95.2 cm³/mol. The van der Waals surface area contributed by atoms with Gasteiger partial charge in [0.05, 0.1) is 5.69 Å². The Bertz CT molecular complexity index is 739. The third kappa shape index (κ3) is 3.26. The van der Waals surface area contributed by atoms with E-state index in [0.29, 0.717) is 29.6 Å². The number of nitrogens with zero attached hydrogens (tertiary/aromatic N) is 1. The number of aromatic nitrogens is 1. The first-order chi connectivity index (χ1) is 11.6. The lowest BCUT2D eigenvalue weighted by molar-refractivity contribution is -0.117. The highest BCUT2D eigenvalue weighted by Gasteiger charge is 2.34. The van der Waals surface area contributed by atoms with Crippen molar-refractivity contribution in [2.75, 3.05) is 5.32 Å². The lowest BCUT2D eigenvalue weighted by Gasteiger charge is -2.28. The zero-order valence-corrected chi connectivity index (χ0v) is 14.9. The third-order valence-corrected chi connectivity index (χ3v) is 5.87. The Morgan fingerprint density at radius 2 is 2.12 bits per heavy atom. The average Bonchev–Trinajstić information content (AvgIpc) is 3.19. The van der Waals surface area contributed by atoms with E-state index in [4.69, 9.17) is 4.42 Å². The molecular weight excluding hydrogens is 322 g/mol. The highest BCUT2D eigenvalue weighted by Crippen LogP contribution is 2.33. The first-order valence-electron chi connectivity index (χ1n) is 8.65. The van der Waals surface area contributed by atoms with Crippen LogP contribution in [0, 0.1) is 19.8 Å². The number of anilines is 1. The first-order valence-corrected chi connectivity index (χ1v) is 9.53. The molecule has 2 fully saturated rings. The summed E-state index contributed by atoms with van der Waals surface area (Å²) < 4.78 is 5.56. The quantitative estimate of drug-likeness (QED) is 0.882. The van der Waals surface area contributed by atoms with E-state index >= 15 is 0 Å². The van der Waals surface area contributed by atoms with Crippen LogP contribution in [0.15, 0.2) is 15.9 Å². The molecule has 4 rings (SSSR count). The Balaban J connectivity index is 1.37. The van der Waals surface area contributed by atoms with Crippen LogP contribution in [0.2, 0.25) is 0 Å². The van der Waals surface area contributed by atoms with Crippen LogP contribution in [-0.2, 0) is 4.79 Å². The van der Waals surface area contributed by atoms with Gasteiger partial charge in [-0.05, 0) is 51.5 Å². The van der Waals surface area contributed by atoms with Gasteiger partial charge in [0.1, 0.15) is 11.5 Å². The average molecular weight is 345 g/mol. The lowest BCUT2D eigenvalue weighted by Crippen LogP contribution is -2.39. The second-order valence-corrected chi connectivity index (χ2v) is 7.95. The van der Waals surface area contributed by atoms with Crippen molar-refractivity contribution in [3.8, 4) is 11.3 Å². The SMILES string of the molecule is Cc1cc(-c2csc(NC(=O)CC3CC4CCC(C3)N4)n2)c(C)o1. The summed E-state index contributed by atoms with van der Waals surface area (Å²) in [5.74, 6) is 2.33. The Labute approximate surface area is 145 Å². The Morgan fingerprint density at radius 1 is 1.38 bits per heavy atom. The van der Waals surface area contributed by atoms with E-state index in [1.807, 2.05) is 25.3 Å². The molecular formula is C18H23N3O2S. The fraction of sp³-hybridized carbons (Fsp3) is 0.556. The van der Waals surface area contributed by atoms with E-state index in [2.05, 4.69) is 15.6 Å². The predicted octanol–water partition coefficient (Wildman–Crippen LogP) is 3.88. The van der Waals surface area contributed by atoms with Crippen LogP contribution >= 0.6 is 11.3 Å². The van der Waals surface area contributed by atoms with Gasteiger partial charge >= 0.3 is 0 Å². The number of hydrogen-bond acceptors (Lipinski definition) is 5. The van der Waals surface area contributed by atoms with E-state index in [-0.39, 0.29) is 5.91 Å². The summed E-state index contributed by atoms with van der Waals surface area (Å²) in [6.07, 6.45) is 5.39. The maximum Gasteiger partial charge on any atom is 0.226 e. The van der Waals surface area contributed by atoms with Crippen LogP contribution < -0.4 is 10.6 Å². The third-order valence-electron chi connectivity index (χ3n) is 5.11. The molecule has 2 aromatic heterocycles.